The Morgan fingerprint density at radius 3 is 2.23 bits per heavy atom. The van der Waals surface area contributed by atoms with Crippen LogP contribution in [0.5, 0.6) is 5.75 Å². The van der Waals surface area contributed by atoms with Gasteiger partial charge in [-0.2, -0.15) is 0 Å². The van der Waals surface area contributed by atoms with Crippen LogP contribution in [0.25, 0.3) is 0 Å². The monoisotopic (exact) mass is 375 g/mol. The van der Waals surface area contributed by atoms with Gasteiger partial charge in [0.15, 0.2) is 6.61 Å². The molecule has 3 amide bonds. The number of hydrogen-bond donors (Lipinski definition) is 3. The maximum Gasteiger partial charge on any atom is 0.319 e. The molecule has 7 heteroatoms. The van der Waals surface area contributed by atoms with E-state index in [-0.39, 0.29) is 24.6 Å². The number of rotatable bonds is 6. The molecule has 0 fully saturated rings. The van der Waals surface area contributed by atoms with Crippen LogP contribution >= 0.6 is 11.6 Å². The van der Waals surface area contributed by atoms with Gasteiger partial charge in [0.05, 0.1) is 0 Å². The molecule has 2 aromatic carbocycles. The van der Waals surface area contributed by atoms with E-state index >= 15 is 0 Å². The highest BCUT2D eigenvalue weighted by molar-refractivity contribution is 6.31. The fourth-order valence-electron chi connectivity index (χ4n) is 2.12. The van der Waals surface area contributed by atoms with Gasteiger partial charge in [-0.3, -0.25) is 4.79 Å². The van der Waals surface area contributed by atoms with Crippen LogP contribution in [0.4, 0.5) is 16.2 Å². The number of anilines is 2. The third-order valence-electron chi connectivity index (χ3n) is 3.35. The van der Waals surface area contributed by atoms with E-state index in [9.17, 15) is 9.59 Å². The zero-order chi connectivity index (χ0) is 19.1. The zero-order valence-corrected chi connectivity index (χ0v) is 15.7. The van der Waals surface area contributed by atoms with Crippen molar-refractivity contribution in [3.8, 4) is 5.75 Å². The topological polar surface area (TPSA) is 79.5 Å². The van der Waals surface area contributed by atoms with Crippen molar-refractivity contribution >= 4 is 34.9 Å². The minimum absolute atomic E-state index is 0.0537. The van der Waals surface area contributed by atoms with Crippen molar-refractivity contribution in [1.82, 2.24) is 5.32 Å². The quantitative estimate of drug-likeness (QED) is 0.708. The van der Waals surface area contributed by atoms with Gasteiger partial charge in [-0.15, -0.1) is 0 Å². The molecule has 138 valence electrons. The van der Waals surface area contributed by atoms with E-state index in [0.29, 0.717) is 22.1 Å². The minimum Gasteiger partial charge on any atom is -0.484 e. The Morgan fingerprint density at radius 1 is 1.04 bits per heavy atom. The highest BCUT2D eigenvalue weighted by Crippen LogP contribution is 2.21. The lowest BCUT2D eigenvalue weighted by Crippen LogP contribution is -2.34. The summed E-state index contributed by atoms with van der Waals surface area (Å²) in [5, 5.41) is 8.83. The largest absolute Gasteiger partial charge is 0.484 e. The van der Waals surface area contributed by atoms with E-state index in [0.717, 1.165) is 5.56 Å². The second-order valence-electron chi connectivity index (χ2n) is 6.08. The number of carbonyl (C=O) groups excluding carboxylic acids is 2. The van der Waals surface area contributed by atoms with E-state index in [1.807, 2.05) is 20.8 Å². The third-order valence-corrected chi connectivity index (χ3v) is 3.77. The minimum atomic E-state index is -0.282. The number of carbonyl (C=O) groups is 2. The van der Waals surface area contributed by atoms with Crippen molar-refractivity contribution in [3.63, 3.8) is 0 Å². The number of ether oxygens (including phenoxy) is 1. The summed E-state index contributed by atoms with van der Waals surface area (Å²) in [5.74, 6) is 0.300. The Morgan fingerprint density at radius 2 is 1.65 bits per heavy atom. The molecule has 0 saturated heterocycles. The first kappa shape index (κ1) is 19.6. The molecule has 0 heterocycles. The lowest BCUT2D eigenvalue weighted by atomic mass is 10.2. The molecular formula is C19H22ClN3O3. The van der Waals surface area contributed by atoms with E-state index in [2.05, 4.69) is 16.0 Å². The van der Waals surface area contributed by atoms with Gasteiger partial charge in [0.2, 0.25) is 0 Å². The molecule has 0 atom stereocenters. The summed E-state index contributed by atoms with van der Waals surface area (Å²) in [4.78, 5) is 23.6. The zero-order valence-electron chi connectivity index (χ0n) is 14.9. The Bertz CT molecular complexity index is 776. The summed E-state index contributed by atoms with van der Waals surface area (Å²) >= 11 is 5.95. The van der Waals surface area contributed by atoms with Crippen molar-refractivity contribution in [1.29, 1.82) is 0 Å². The van der Waals surface area contributed by atoms with Crippen molar-refractivity contribution in [2.75, 3.05) is 17.2 Å². The Balaban J connectivity index is 1.83. The molecular weight excluding hydrogens is 354 g/mol. The maximum absolute atomic E-state index is 12.0. The molecule has 0 aliphatic carbocycles. The first-order valence-electron chi connectivity index (χ1n) is 8.20. The predicted octanol–water partition coefficient (Wildman–Crippen LogP) is 4.20. The van der Waals surface area contributed by atoms with E-state index in [1.54, 1.807) is 42.5 Å². The number of hydrogen-bond acceptors (Lipinski definition) is 3. The molecule has 3 N–H and O–H groups in total. The van der Waals surface area contributed by atoms with Gasteiger partial charge in [0.25, 0.3) is 5.91 Å². The van der Waals surface area contributed by atoms with Gasteiger partial charge < -0.3 is 20.7 Å². The fourth-order valence-corrected chi connectivity index (χ4v) is 2.24. The Labute approximate surface area is 157 Å². The molecule has 0 unspecified atom stereocenters. The molecule has 0 saturated carbocycles. The van der Waals surface area contributed by atoms with Crippen molar-refractivity contribution in [2.24, 2.45) is 0 Å². The molecule has 26 heavy (non-hydrogen) atoms. The van der Waals surface area contributed by atoms with Crippen LogP contribution in [-0.2, 0) is 4.79 Å². The molecule has 0 aliphatic heterocycles. The SMILES string of the molecule is Cc1cc(OCC(=O)Nc2ccc(NC(=O)NC(C)C)cc2)ccc1Cl. The molecule has 0 bridgehead atoms. The molecule has 0 aromatic heterocycles. The van der Waals surface area contributed by atoms with Gasteiger partial charge in [0.1, 0.15) is 5.75 Å². The molecule has 6 nitrogen and oxygen atoms in total. The van der Waals surface area contributed by atoms with Crippen LogP contribution in [0.3, 0.4) is 0 Å². The average molecular weight is 376 g/mol. The Hall–Kier alpha value is -2.73. The van der Waals surface area contributed by atoms with Gasteiger partial charge in [-0.05, 0) is 68.8 Å². The molecule has 0 radical (unpaired) electrons. The highest BCUT2D eigenvalue weighted by atomic mass is 35.5. The van der Waals surface area contributed by atoms with Crippen LogP contribution < -0.4 is 20.7 Å². The van der Waals surface area contributed by atoms with E-state index < -0.39 is 0 Å². The number of urea groups is 1. The van der Waals surface area contributed by atoms with Crippen molar-refractivity contribution in [2.45, 2.75) is 26.8 Å². The van der Waals surface area contributed by atoms with Crippen LogP contribution in [-0.4, -0.2) is 24.6 Å². The van der Waals surface area contributed by atoms with Gasteiger partial charge >= 0.3 is 6.03 Å². The lowest BCUT2D eigenvalue weighted by Gasteiger charge is -2.11. The number of amides is 3. The molecule has 0 aliphatic rings. The summed E-state index contributed by atoms with van der Waals surface area (Å²) in [7, 11) is 0. The molecule has 2 aromatic rings. The van der Waals surface area contributed by atoms with Crippen LogP contribution in [0.1, 0.15) is 19.4 Å². The van der Waals surface area contributed by atoms with Crippen LogP contribution in [0, 0.1) is 6.92 Å². The first-order valence-corrected chi connectivity index (χ1v) is 8.57. The number of nitrogens with one attached hydrogen (secondary N) is 3. The smallest absolute Gasteiger partial charge is 0.319 e. The third kappa shape index (κ3) is 6.29. The average Bonchev–Trinajstić information content (AvgIpc) is 2.57. The highest BCUT2D eigenvalue weighted by Gasteiger charge is 2.06. The number of halogens is 1. The molecule has 2 rings (SSSR count). The summed E-state index contributed by atoms with van der Waals surface area (Å²) in [6.45, 7) is 5.52. The van der Waals surface area contributed by atoms with E-state index in [1.165, 1.54) is 0 Å². The first-order chi connectivity index (χ1) is 12.3. The van der Waals surface area contributed by atoms with Crippen molar-refractivity contribution < 1.29 is 14.3 Å². The van der Waals surface area contributed by atoms with Gasteiger partial charge in [0, 0.05) is 22.4 Å². The maximum atomic E-state index is 12.0. The second-order valence-corrected chi connectivity index (χ2v) is 6.49. The van der Waals surface area contributed by atoms with Gasteiger partial charge in [-0.1, -0.05) is 11.6 Å². The fraction of sp³-hybridized carbons (Fsp3) is 0.263. The summed E-state index contributed by atoms with van der Waals surface area (Å²) in [5.41, 5.74) is 2.13. The predicted molar refractivity (Wildman–Crippen MR) is 104 cm³/mol. The van der Waals surface area contributed by atoms with Gasteiger partial charge in [-0.25, -0.2) is 4.79 Å². The van der Waals surface area contributed by atoms with Crippen LogP contribution in [0.2, 0.25) is 5.02 Å². The Kier molecular flexibility index (Phi) is 6.86. The van der Waals surface area contributed by atoms with Crippen molar-refractivity contribution in [3.05, 3.63) is 53.1 Å². The second kappa shape index (κ2) is 9.10. The molecule has 0 spiro atoms. The standard InChI is InChI=1S/C19H22ClN3O3/c1-12(2)21-19(25)23-15-6-4-14(5-7-15)22-18(24)11-26-16-8-9-17(20)13(3)10-16/h4-10,12H,11H2,1-3H3,(H,22,24)(H2,21,23,25). The lowest BCUT2D eigenvalue weighted by molar-refractivity contribution is -0.118. The normalized spacial score (nSPS) is 10.3. The van der Waals surface area contributed by atoms with Crippen LogP contribution in [0.15, 0.2) is 42.5 Å². The number of benzene rings is 2. The summed E-state index contributed by atoms with van der Waals surface area (Å²) in [6.07, 6.45) is 0. The number of aryl methyl sites for hydroxylation is 1. The summed E-state index contributed by atoms with van der Waals surface area (Å²) in [6, 6.07) is 11.8. The summed E-state index contributed by atoms with van der Waals surface area (Å²) < 4.78 is 5.45. The van der Waals surface area contributed by atoms with E-state index in [4.69, 9.17) is 16.3 Å².